The average Bonchev–Trinajstić information content (AvgIpc) is 2.71. The van der Waals surface area contributed by atoms with Gasteiger partial charge in [-0.05, 0) is 42.0 Å². The van der Waals surface area contributed by atoms with Crippen LogP contribution in [0.3, 0.4) is 0 Å². The number of para-hydroxylation sites is 1. The molecular formula is C21H16FN5O. The summed E-state index contributed by atoms with van der Waals surface area (Å²) in [5.41, 5.74) is 2.37. The van der Waals surface area contributed by atoms with Crippen LogP contribution in [0.5, 0.6) is 0 Å². The van der Waals surface area contributed by atoms with Crippen LogP contribution in [0.2, 0.25) is 0 Å². The molecule has 6 nitrogen and oxygen atoms in total. The summed E-state index contributed by atoms with van der Waals surface area (Å²) in [6.07, 6.45) is 1.86. The average molecular weight is 373 g/mol. The Morgan fingerprint density at radius 1 is 0.893 bits per heavy atom. The van der Waals surface area contributed by atoms with Crippen molar-refractivity contribution in [2.45, 2.75) is 6.42 Å². The molecule has 0 saturated heterocycles. The molecule has 7 heteroatoms. The van der Waals surface area contributed by atoms with Gasteiger partial charge in [-0.1, -0.05) is 30.3 Å². The van der Waals surface area contributed by atoms with Gasteiger partial charge < -0.3 is 10.6 Å². The molecule has 2 heterocycles. The molecule has 2 N–H and O–H groups in total. The largest absolute Gasteiger partial charge is 0.337 e. The topological polar surface area (TPSA) is 79.8 Å². The highest BCUT2D eigenvalue weighted by atomic mass is 19.1. The van der Waals surface area contributed by atoms with Crippen LogP contribution < -0.4 is 10.6 Å². The van der Waals surface area contributed by atoms with Crippen LogP contribution in [0, 0.1) is 5.82 Å². The molecule has 0 aliphatic rings. The molecule has 28 heavy (non-hydrogen) atoms. The highest BCUT2D eigenvalue weighted by Gasteiger charge is 2.07. The Balaban J connectivity index is 1.42. The number of pyridine rings is 1. The number of amides is 1. The Morgan fingerprint density at radius 2 is 1.64 bits per heavy atom. The lowest BCUT2D eigenvalue weighted by molar-refractivity contribution is -0.115. The molecule has 4 aromatic rings. The van der Waals surface area contributed by atoms with E-state index < -0.39 is 0 Å². The lowest BCUT2D eigenvalue weighted by Crippen LogP contribution is -2.15. The van der Waals surface area contributed by atoms with Crippen molar-refractivity contribution in [1.82, 2.24) is 15.2 Å². The van der Waals surface area contributed by atoms with E-state index >= 15 is 0 Å². The summed E-state index contributed by atoms with van der Waals surface area (Å²) in [6.45, 7) is 0. The fraction of sp³-hybridized carbons (Fsp3) is 0.0476. The van der Waals surface area contributed by atoms with Gasteiger partial charge in [0.25, 0.3) is 0 Å². The van der Waals surface area contributed by atoms with Gasteiger partial charge >= 0.3 is 0 Å². The van der Waals surface area contributed by atoms with Gasteiger partial charge in [0.15, 0.2) is 11.6 Å². The van der Waals surface area contributed by atoms with E-state index in [1.165, 1.54) is 12.1 Å². The summed E-state index contributed by atoms with van der Waals surface area (Å²) in [7, 11) is 0. The van der Waals surface area contributed by atoms with Crippen molar-refractivity contribution in [2.75, 3.05) is 10.6 Å². The van der Waals surface area contributed by atoms with Gasteiger partial charge in [0.05, 0.1) is 17.6 Å². The Bertz CT molecular complexity index is 1110. The second kappa shape index (κ2) is 7.79. The molecule has 1 amide bonds. The van der Waals surface area contributed by atoms with Crippen LogP contribution >= 0.6 is 0 Å². The molecule has 0 fully saturated rings. The van der Waals surface area contributed by atoms with Crippen molar-refractivity contribution in [1.29, 1.82) is 0 Å². The maximum Gasteiger partial charge on any atom is 0.229 e. The van der Waals surface area contributed by atoms with E-state index in [1.54, 1.807) is 30.5 Å². The zero-order valence-corrected chi connectivity index (χ0v) is 14.8. The zero-order valence-electron chi connectivity index (χ0n) is 14.8. The summed E-state index contributed by atoms with van der Waals surface area (Å²) in [5, 5.41) is 15.0. The van der Waals surface area contributed by atoms with E-state index in [0.29, 0.717) is 17.2 Å². The van der Waals surface area contributed by atoms with E-state index in [-0.39, 0.29) is 18.1 Å². The molecule has 0 aliphatic carbocycles. The Kier molecular flexibility index (Phi) is 4.88. The van der Waals surface area contributed by atoms with Crippen LogP contribution in [0.15, 0.2) is 72.9 Å². The first-order chi connectivity index (χ1) is 13.7. The molecule has 0 spiro atoms. The molecule has 0 saturated carbocycles. The number of hydrogen-bond acceptors (Lipinski definition) is 5. The van der Waals surface area contributed by atoms with Gasteiger partial charge in [0.2, 0.25) is 5.91 Å². The van der Waals surface area contributed by atoms with Crippen molar-refractivity contribution < 1.29 is 9.18 Å². The molecule has 0 atom stereocenters. The molecule has 4 rings (SSSR count). The predicted molar refractivity (Wildman–Crippen MR) is 106 cm³/mol. The summed E-state index contributed by atoms with van der Waals surface area (Å²) in [5.74, 6) is 0.294. The lowest BCUT2D eigenvalue weighted by Gasteiger charge is -2.09. The van der Waals surface area contributed by atoms with E-state index in [2.05, 4.69) is 25.8 Å². The maximum absolute atomic E-state index is 12.9. The van der Waals surface area contributed by atoms with Crippen LogP contribution in [-0.2, 0) is 11.2 Å². The first-order valence-corrected chi connectivity index (χ1v) is 8.66. The number of rotatable bonds is 5. The molecule has 138 valence electrons. The minimum absolute atomic E-state index is 0.129. The third kappa shape index (κ3) is 4.09. The minimum atomic E-state index is -0.334. The second-order valence-electron chi connectivity index (χ2n) is 6.16. The van der Waals surface area contributed by atoms with Crippen molar-refractivity contribution in [3.05, 3.63) is 84.3 Å². The molecule has 2 aromatic carbocycles. The number of aromatic nitrogens is 3. The number of halogens is 1. The number of carbonyl (C=O) groups is 1. The SMILES string of the molecule is O=C(Cc1ccc(F)cc1)Nc1ccc(Nc2cccc3cccnc23)nn1. The molecule has 0 radical (unpaired) electrons. The fourth-order valence-electron chi connectivity index (χ4n) is 2.78. The van der Waals surface area contributed by atoms with E-state index in [4.69, 9.17) is 0 Å². The number of fused-ring (bicyclic) bond motifs is 1. The van der Waals surface area contributed by atoms with E-state index in [0.717, 1.165) is 16.6 Å². The Hall–Kier alpha value is -3.87. The minimum Gasteiger partial charge on any atom is -0.337 e. The summed E-state index contributed by atoms with van der Waals surface area (Å²) < 4.78 is 12.9. The van der Waals surface area contributed by atoms with Gasteiger partial charge in [-0.25, -0.2) is 4.39 Å². The molecule has 0 bridgehead atoms. The van der Waals surface area contributed by atoms with Crippen LogP contribution in [0.25, 0.3) is 10.9 Å². The van der Waals surface area contributed by atoms with Gasteiger partial charge in [-0.15, -0.1) is 10.2 Å². The van der Waals surface area contributed by atoms with Crippen molar-refractivity contribution in [3.63, 3.8) is 0 Å². The lowest BCUT2D eigenvalue weighted by atomic mass is 10.1. The summed E-state index contributed by atoms with van der Waals surface area (Å²) in [4.78, 5) is 16.5. The third-order valence-corrected chi connectivity index (χ3v) is 4.11. The molecular weight excluding hydrogens is 357 g/mol. The van der Waals surface area contributed by atoms with Gasteiger partial charge in [-0.2, -0.15) is 0 Å². The van der Waals surface area contributed by atoms with Gasteiger partial charge in [-0.3, -0.25) is 9.78 Å². The number of carbonyl (C=O) groups excluding carboxylic acids is 1. The van der Waals surface area contributed by atoms with E-state index in [9.17, 15) is 9.18 Å². The number of nitrogens with one attached hydrogen (secondary N) is 2. The fourth-order valence-corrected chi connectivity index (χ4v) is 2.78. The van der Waals surface area contributed by atoms with Gasteiger partial charge in [0, 0.05) is 11.6 Å². The Labute approximate surface area is 160 Å². The molecule has 0 aliphatic heterocycles. The van der Waals surface area contributed by atoms with Crippen LogP contribution in [0.1, 0.15) is 5.56 Å². The quantitative estimate of drug-likeness (QED) is 0.551. The number of hydrogen-bond donors (Lipinski definition) is 2. The van der Waals surface area contributed by atoms with E-state index in [1.807, 2.05) is 30.3 Å². The van der Waals surface area contributed by atoms with Crippen molar-refractivity contribution >= 4 is 34.1 Å². The second-order valence-corrected chi connectivity index (χ2v) is 6.16. The van der Waals surface area contributed by atoms with Gasteiger partial charge in [0.1, 0.15) is 5.82 Å². The highest BCUT2D eigenvalue weighted by Crippen LogP contribution is 2.23. The zero-order chi connectivity index (χ0) is 19.3. The first kappa shape index (κ1) is 17.5. The van der Waals surface area contributed by atoms with Crippen LogP contribution in [0.4, 0.5) is 21.7 Å². The first-order valence-electron chi connectivity index (χ1n) is 8.66. The predicted octanol–water partition coefficient (Wildman–Crippen LogP) is 4.09. The smallest absolute Gasteiger partial charge is 0.229 e. The normalized spacial score (nSPS) is 10.6. The van der Waals surface area contributed by atoms with Crippen molar-refractivity contribution in [2.24, 2.45) is 0 Å². The van der Waals surface area contributed by atoms with Crippen LogP contribution in [-0.4, -0.2) is 21.1 Å². The Morgan fingerprint density at radius 3 is 2.43 bits per heavy atom. The third-order valence-electron chi connectivity index (χ3n) is 4.11. The maximum atomic E-state index is 12.9. The van der Waals surface area contributed by atoms with Crippen molar-refractivity contribution in [3.8, 4) is 0 Å². The monoisotopic (exact) mass is 373 g/mol. The standard InChI is InChI=1S/C21H16FN5O/c22-16-8-6-14(7-9-16)13-20(28)25-19-11-10-18(26-27-19)24-17-5-1-3-15-4-2-12-23-21(15)17/h1-12H,13H2,(H,24,26)(H,25,27,28). The number of nitrogens with zero attached hydrogens (tertiary/aromatic N) is 3. The molecule has 0 unspecified atom stereocenters. The highest BCUT2D eigenvalue weighted by molar-refractivity contribution is 5.92. The molecule has 2 aromatic heterocycles. The number of benzene rings is 2. The summed E-state index contributed by atoms with van der Waals surface area (Å²) in [6, 6.07) is 18.9. The summed E-state index contributed by atoms with van der Waals surface area (Å²) >= 11 is 0. The number of anilines is 3.